The van der Waals surface area contributed by atoms with Crippen LogP contribution in [-0.4, -0.2) is 11.8 Å². The van der Waals surface area contributed by atoms with E-state index in [4.69, 9.17) is 17.0 Å². The minimum atomic E-state index is 0.450. The van der Waals surface area contributed by atoms with E-state index in [1.807, 2.05) is 12.1 Å². The second-order valence-electron chi connectivity index (χ2n) is 3.51. The summed E-state index contributed by atoms with van der Waals surface area (Å²) in [5.74, 6) is 0. The number of hydrogen-bond donors (Lipinski definition) is 1. The molecular formula is C12H17NOS. The molecule has 0 fully saturated rings. The summed E-state index contributed by atoms with van der Waals surface area (Å²) >= 11 is 5.07. The lowest BCUT2D eigenvalue weighted by molar-refractivity contribution is 0.312. The first kappa shape index (κ1) is 12.0. The lowest BCUT2D eigenvalue weighted by atomic mass is 10.1. The van der Waals surface area contributed by atoms with E-state index in [0.717, 1.165) is 12.1 Å². The van der Waals surface area contributed by atoms with Crippen molar-refractivity contribution in [2.75, 3.05) is 11.9 Å². The molecule has 82 valence electrons. The third-order valence-corrected chi connectivity index (χ3v) is 2.50. The highest BCUT2D eigenvalue weighted by atomic mass is 32.1. The SMILES string of the molecule is CCCOC(=S)Nc1cccc(C)c1C. The van der Waals surface area contributed by atoms with E-state index in [2.05, 4.69) is 32.2 Å². The molecule has 15 heavy (non-hydrogen) atoms. The van der Waals surface area contributed by atoms with E-state index in [1.165, 1.54) is 11.1 Å². The highest BCUT2D eigenvalue weighted by molar-refractivity contribution is 7.80. The number of rotatable bonds is 3. The van der Waals surface area contributed by atoms with Gasteiger partial charge in [0.2, 0.25) is 0 Å². The fourth-order valence-corrected chi connectivity index (χ4v) is 1.42. The molecule has 0 atom stereocenters. The summed E-state index contributed by atoms with van der Waals surface area (Å²) in [6, 6.07) is 6.09. The maximum absolute atomic E-state index is 5.31. The van der Waals surface area contributed by atoms with Crippen molar-refractivity contribution in [1.29, 1.82) is 0 Å². The smallest absolute Gasteiger partial charge is 0.261 e. The fourth-order valence-electron chi connectivity index (χ4n) is 1.23. The van der Waals surface area contributed by atoms with E-state index in [9.17, 15) is 0 Å². The Bertz CT molecular complexity index is 349. The molecule has 0 radical (unpaired) electrons. The highest BCUT2D eigenvalue weighted by Crippen LogP contribution is 2.17. The van der Waals surface area contributed by atoms with E-state index in [1.54, 1.807) is 0 Å². The zero-order chi connectivity index (χ0) is 11.3. The maximum Gasteiger partial charge on any atom is 0.261 e. The summed E-state index contributed by atoms with van der Waals surface area (Å²) in [7, 11) is 0. The molecule has 0 aliphatic rings. The molecule has 0 spiro atoms. The van der Waals surface area contributed by atoms with Crippen molar-refractivity contribution in [2.24, 2.45) is 0 Å². The van der Waals surface area contributed by atoms with Gasteiger partial charge in [-0.2, -0.15) is 0 Å². The van der Waals surface area contributed by atoms with Gasteiger partial charge in [0.05, 0.1) is 6.61 Å². The predicted octanol–water partition coefficient (Wildman–Crippen LogP) is 3.43. The van der Waals surface area contributed by atoms with Crippen molar-refractivity contribution < 1.29 is 4.74 Å². The van der Waals surface area contributed by atoms with E-state index < -0.39 is 0 Å². The number of nitrogens with one attached hydrogen (secondary N) is 1. The average molecular weight is 223 g/mol. The van der Waals surface area contributed by atoms with Crippen LogP contribution in [0.4, 0.5) is 5.69 Å². The molecule has 0 saturated carbocycles. The van der Waals surface area contributed by atoms with Gasteiger partial charge in [-0.05, 0) is 49.7 Å². The van der Waals surface area contributed by atoms with E-state index >= 15 is 0 Å². The summed E-state index contributed by atoms with van der Waals surface area (Å²) in [6.45, 7) is 6.87. The van der Waals surface area contributed by atoms with Gasteiger partial charge < -0.3 is 10.1 Å². The van der Waals surface area contributed by atoms with Crippen LogP contribution in [0.25, 0.3) is 0 Å². The van der Waals surface area contributed by atoms with E-state index in [-0.39, 0.29) is 0 Å². The van der Waals surface area contributed by atoms with Crippen molar-refractivity contribution >= 4 is 23.1 Å². The van der Waals surface area contributed by atoms with Crippen molar-refractivity contribution in [3.05, 3.63) is 29.3 Å². The van der Waals surface area contributed by atoms with Gasteiger partial charge >= 0.3 is 0 Å². The summed E-state index contributed by atoms with van der Waals surface area (Å²) in [5.41, 5.74) is 3.48. The number of aryl methyl sites for hydroxylation is 1. The number of benzene rings is 1. The van der Waals surface area contributed by atoms with Gasteiger partial charge in [0, 0.05) is 5.69 Å². The molecule has 1 aromatic rings. The maximum atomic E-state index is 5.31. The van der Waals surface area contributed by atoms with Crippen molar-refractivity contribution in [3.8, 4) is 0 Å². The Morgan fingerprint density at radius 2 is 2.13 bits per heavy atom. The Balaban J connectivity index is 2.64. The third kappa shape index (κ3) is 3.51. The molecule has 3 heteroatoms. The molecule has 0 aromatic heterocycles. The molecule has 0 saturated heterocycles. The lowest BCUT2D eigenvalue weighted by Gasteiger charge is -2.12. The monoisotopic (exact) mass is 223 g/mol. The van der Waals surface area contributed by atoms with Crippen LogP contribution in [0.2, 0.25) is 0 Å². The second kappa shape index (κ2) is 5.71. The second-order valence-corrected chi connectivity index (χ2v) is 3.88. The Hall–Kier alpha value is -1.09. The standard InChI is InChI=1S/C12H17NOS/c1-4-8-14-12(15)13-11-7-5-6-9(2)10(11)3/h5-7H,4,8H2,1-3H3,(H,13,15). The summed E-state index contributed by atoms with van der Waals surface area (Å²) in [6.07, 6.45) is 0.967. The zero-order valence-corrected chi connectivity index (χ0v) is 10.3. The minimum absolute atomic E-state index is 0.450. The van der Waals surface area contributed by atoms with Crippen LogP contribution in [0.3, 0.4) is 0 Å². The Kier molecular flexibility index (Phi) is 4.56. The van der Waals surface area contributed by atoms with Gasteiger partial charge in [0.15, 0.2) is 0 Å². The molecule has 0 amide bonds. The van der Waals surface area contributed by atoms with Crippen molar-refractivity contribution in [2.45, 2.75) is 27.2 Å². The Morgan fingerprint density at radius 1 is 1.40 bits per heavy atom. The van der Waals surface area contributed by atoms with Crippen molar-refractivity contribution in [1.82, 2.24) is 0 Å². The molecule has 2 nitrogen and oxygen atoms in total. The zero-order valence-electron chi connectivity index (χ0n) is 9.46. The molecular weight excluding hydrogens is 206 g/mol. The minimum Gasteiger partial charge on any atom is -0.471 e. The van der Waals surface area contributed by atoms with Gasteiger partial charge in [-0.1, -0.05) is 19.1 Å². The van der Waals surface area contributed by atoms with Crippen LogP contribution in [0, 0.1) is 13.8 Å². The number of anilines is 1. The lowest BCUT2D eigenvalue weighted by Crippen LogP contribution is -2.14. The number of ether oxygens (including phenoxy) is 1. The molecule has 0 bridgehead atoms. The molecule has 0 aliphatic carbocycles. The molecule has 1 N–H and O–H groups in total. The first-order valence-electron chi connectivity index (χ1n) is 5.15. The molecule has 0 aliphatic heterocycles. The summed E-state index contributed by atoms with van der Waals surface area (Å²) in [5, 5.41) is 3.54. The Morgan fingerprint density at radius 3 is 2.80 bits per heavy atom. The molecule has 1 aromatic carbocycles. The van der Waals surface area contributed by atoms with Gasteiger partial charge in [-0.15, -0.1) is 0 Å². The number of thiocarbonyl (C=S) groups is 1. The van der Waals surface area contributed by atoms with Gasteiger partial charge in [0.1, 0.15) is 0 Å². The first-order chi connectivity index (χ1) is 7.15. The molecule has 1 rings (SSSR count). The molecule has 0 heterocycles. The summed E-state index contributed by atoms with van der Waals surface area (Å²) in [4.78, 5) is 0. The van der Waals surface area contributed by atoms with Crippen LogP contribution in [0.15, 0.2) is 18.2 Å². The third-order valence-electron chi connectivity index (χ3n) is 2.28. The topological polar surface area (TPSA) is 21.3 Å². The largest absolute Gasteiger partial charge is 0.471 e. The van der Waals surface area contributed by atoms with E-state index in [0.29, 0.717) is 11.8 Å². The average Bonchev–Trinajstić information content (AvgIpc) is 2.22. The first-order valence-corrected chi connectivity index (χ1v) is 5.56. The Labute approximate surface area is 96.6 Å². The van der Waals surface area contributed by atoms with Crippen LogP contribution < -0.4 is 5.32 Å². The predicted molar refractivity (Wildman–Crippen MR) is 68.4 cm³/mol. The summed E-state index contributed by atoms with van der Waals surface area (Å²) < 4.78 is 5.31. The quantitative estimate of drug-likeness (QED) is 0.793. The normalized spacial score (nSPS) is 9.80. The van der Waals surface area contributed by atoms with Gasteiger partial charge in [-0.3, -0.25) is 0 Å². The number of hydrogen-bond acceptors (Lipinski definition) is 2. The van der Waals surface area contributed by atoms with Gasteiger partial charge in [-0.25, -0.2) is 0 Å². The van der Waals surface area contributed by atoms with Crippen LogP contribution in [0.5, 0.6) is 0 Å². The fraction of sp³-hybridized carbons (Fsp3) is 0.417. The van der Waals surface area contributed by atoms with Gasteiger partial charge in [0.25, 0.3) is 5.17 Å². The van der Waals surface area contributed by atoms with Crippen molar-refractivity contribution in [3.63, 3.8) is 0 Å². The van der Waals surface area contributed by atoms with Crippen LogP contribution in [-0.2, 0) is 4.74 Å². The molecule has 0 unspecified atom stereocenters. The van der Waals surface area contributed by atoms with Crippen LogP contribution >= 0.6 is 12.2 Å². The highest BCUT2D eigenvalue weighted by Gasteiger charge is 2.02. The van der Waals surface area contributed by atoms with Crippen LogP contribution in [0.1, 0.15) is 24.5 Å².